The van der Waals surface area contributed by atoms with Crippen LogP contribution >= 0.6 is 0 Å². The molecule has 5 heteroatoms. The molecule has 1 aromatic rings. The number of anilines is 1. The average Bonchev–Trinajstić information content (AvgIpc) is 2.06. The molecular formula is C8H9NNaO3+. The van der Waals surface area contributed by atoms with Gasteiger partial charge in [-0.25, -0.2) is 4.79 Å². The standard InChI is InChI=1S/C8H9NO3.Na/c10-5-9-7-3-1-6(2-4-7)8(11)12;/h1-4,9-10H,5H2,(H,11,12);/q;+1. The summed E-state index contributed by atoms with van der Waals surface area (Å²) in [7, 11) is 0. The fourth-order valence-electron chi connectivity index (χ4n) is 0.822. The molecule has 0 radical (unpaired) electrons. The van der Waals surface area contributed by atoms with Crippen molar-refractivity contribution in [2.24, 2.45) is 0 Å². The molecule has 0 amide bonds. The van der Waals surface area contributed by atoms with Crippen LogP contribution in [0.5, 0.6) is 0 Å². The van der Waals surface area contributed by atoms with Gasteiger partial charge in [0.2, 0.25) is 0 Å². The Morgan fingerprint density at radius 2 is 1.85 bits per heavy atom. The SMILES string of the molecule is O=C(O)c1ccc(NCO)cc1.[Na+]. The van der Waals surface area contributed by atoms with E-state index < -0.39 is 5.97 Å². The summed E-state index contributed by atoms with van der Waals surface area (Å²) in [6.45, 7) is -0.160. The first-order valence-electron chi connectivity index (χ1n) is 3.42. The third-order valence-electron chi connectivity index (χ3n) is 1.42. The van der Waals surface area contributed by atoms with E-state index in [0.717, 1.165) is 0 Å². The second-order valence-electron chi connectivity index (χ2n) is 2.22. The molecule has 0 aliphatic rings. The first-order chi connectivity index (χ1) is 5.74. The second kappa shape index (κ2) is 5.99. The predicted molar refractivity (Wildman–Crippen MR) is 44.1 cm³/mol. The topological polar surface area (TPSA) is 69.6 Å². The van der Waals surface area contributed by atoms with Crippen LogP contribution in [0.15, 0.2) is 24.3 Å². The van der Waals surface area contributed by atoms with Crippen molar-refractivity contribution in [3.05, 3.63) is 29.8 Å². The van der Waals surface area contributed by atoms with Crippen LogP contribution in [0.3, 0.4) is 0 Å². The Kier molecular flexibility index (Phi) is 5.73. The minimum Gasteiger partial charge on any atom is -0.478 e. The summed E-state index contributed by atoms with van der Waals surface area (Å²) in [6, 6.07) is 6.14. The number of benzene rings is 1. The van der Waals surface area contributed by atoms with E-state index >= 15 is 0 Å². The molecule has 64 valence electrons. The third-order valence-corrected chi connectivity index (χ3v) is 1.42. The van der Waals surface area contributed by atoms with Crippen molar-refractivity contribution in [3.8, 4) is 0 Å². The van der Waals surface area contributed by atoms with Gasteiger partial charge in [0, 0.05) is 5.69 Å². The summed E-state index contributed by atoms with van der Waals surface area (Å²) in [5.74, 6) is -0.953. The van der Waals surface area contributed by atoms with Crippen molar-refractivity contribution in [2.75, 3.05) is 12.0 Å². The van der Waals surface area contributed by atoms with Crippen LogP contribution in [0.2, 0.25) is 0 Å². The maximum absolute atomic E-state index is 10.4. The number of aliphatic hydroxyl groups is 1. The van der Waals surface area contributed by atoms with E-state index in [1.807, 2.05) is 0 Å². The van der Waals surface area contributed by atoms with Gasteiger partial charge in [0.1, 0.15) is 6.73 Å². The molecule has 0 saturated heterocycles. The van der Waals surface area contributed by atoms with Crippen LogP contribution < -0.4 is 34.9 Å². The molecule has 0 aliphatic carbocycles. The average molecular weight is 190 g/mol. The first-order valence-corrected chi connectivity index (χ1v) is 3.42. The Balaban J connectivity index is 0.00000144. The fraction of sp³-hybridized carbons (Fsp3) is 0.125. The molecule has 0 heterocycles. The fourth-order valence-corrected chi connectivity index (χ4v) is 0.822. The van der Waals surface area contributed by atoms with E-state index in [2.05, 4.69) is 5.32 Å². The minimum atomic E-state index is -0.953. The Hall–Kier alpha value is -0.550. The summed E-state index contributed by atoms with van der Waals surface area (Å²) in [4.78, 5) is 10.4. The first kappa shape index (κ1) is 12.4. The van der Waals surface area contributed by atoms with Gasteiger partial charge in [0.05, 0.1) is 5.56 Å². The largest absolute Gasteiger partial charge is 1.00 e. The van der Waals surface area contributed by atoms with Crippen LogP contribution in [-0.2, 0) is 0 Å². The molecule has 0 aromatic heterocycles. The molecule has 1 aromatic carbocycles. The van der Waals surface area contributed by atoms with Crippen molar-refractivity contribution in [1.29, 1.82) is 0 Å². The van der Waals surface area contributed by atoms with Crippen molar-refractivity contribution < 1.29 is 44.6 Å². The number of rotatable bonds is 3. The van der Waals surface area contributed by atoms with Gasteiger partial charge in [0.15, 0.2) is 0 Å². The maximum Gasteiger partial charge on any atom is 1.00 e. The summed E-state index contributed by atoms with van der Waals surface area (Å²) >= 11 is 0. The summed E-state index contributed by atoms with van der Waals surface area (Å²) in [6.07, 6.45) is 0. The predicted octanol–water partition coefficient (Wildman–Crippen LogP) is -2.25. The van der Waals surface area contributed by atoms with Crippen LogP contribution in [0, 0.1) is 0 Å². The number of aromatic carboxylic acids is 1. The molecule has 13 heavy (non-hydrogen) atoms. The van der Waals surface area contributed by atoms with Crippen LogP contribution in [0.25, 0.3) is 0 Å². The molecule has 0 spiro atoms. The van der Waals surface area contributed by atoms with Gasteiger partial charge in [0.25, 0.3) is 0 Å². The second-order valence-corrected chi connectivity index (χ2v) is 2.22. The van der Waals surface area contributed by atoms with Crippen molar-refractivity contribution in [1.82, 2.24) is 0 Å². The summed E-state index contributed by atoms with van der Waals surface area (Å²) < 4.78 is 0. The monoisotopic (exact) mass is 190 g/mol. The van der Waals surface area contributed by atoms with Crippen molar-refractivity contribution >= 4 is 11.7 Å². The Labute approximate surface area is 97.9 Å². The number of hydrogen-bond donors (Lipinski definition) is 3. The van der Waals surface area contributed by atoms with Gasteiger partial charge in [-0.3, -0.25) is 0 Å². The zero-order valence-electron chi connectivity index (χ0n) is 7.32. The molecule has 0 saturated carbocycles. The van der Waals surface area contributed by atoms with E-state index in [9.17, 15) is 4.79 Å². The number of hydrogen-bond acceptors (Lipinski definition) is 3. The molecule has 0 aliphatic heterocycles. The van der Waals surface area contributed by atoms with E-state index in [0.29, 0.717) is 5.69 Å². The number of nitrogens with one attached hydrogen (secondary N) is 1. The van der Waals surface area contributed by atoms with Gasteiger partial charge in [-0.15, -0.1) is 0 Å². The molecule has 0 fully saturated rings. The smallest absolute Gasteiger partial charge is 0.478 e. The van der Waals surface area contributed by atoms with Gasteiger partial charge in [-0.05, 0) is 24.3 Å². The van der Waals surface area contributed by atoms with Crippen LogP contribution in [-0.4, -0.2) is 22.9 Å². The van der Waals surface area contributed by atoms with E-state index in [4.69, 9.17) is 10.2 Å². The number of carboxylic acid groups (broad SMARTS) is 1. The molecule has 0 unspecified atom stereocenters. The number of carbonyl (C=O) groups is 1. The van der Waals surface area contributed by atoms with Gasteiger partial charge in [-0.2, -0.15) is 0 Å². The third kappa shape index (κ3) is 3.78. The summed E-state index contributed by atoms with van der Waals surface area (Å²) in [5.41, 5.74) is 0.931. The zero-order chi connectivity index (χ0) is 8.97. The van der Waals surface area contributed by atoms with E-state index in [1.54, 1.807) is 12.1 Å². The zero-order valence-corrected chi connectivity index (χ0v) is 9.32. The Bertz CT molecular complexity index is 273. The molecule has 1 rings (SSSR count). The molecule has 4 nitrogen and oxygen atoms in total. The normalized spacial score (nSPS) is 8.69. The molecular weight excluding hydrogens is 181 g/mol. The molecule has 0 atom stereocenters. The Morgan fingerprint density at radius 3 is 2.23 bits per heavy atom. The quantitative estimate of drug-likeness (QED) is 0.372. The van der Waals surface area contributed by atoms with Gasteiger partial charge in [-0.1, -0.05) is 0 Å². The number of carboxylic acids is 1. The van der Waals surface area contributed by atoms with Crippen molar-refractivity contribution in [2.45, 2.75) is 0 Å². The van der Waals surface area contributed by atoms with Crippen LogP contribution in [0.1, 0.15) is 10.4 Å². The summed E-state index contributed by atoms with van der Waals surface area (Å²) in [5, 5.41) is 19.6. The van der Waals surface area contributed by atoms with Crippen molar-refractivity contribution in [3.63, 3.8) is 0 Å². The van der Waals surface area contributed by atoms with E-state index in [-0.39, 0.29) is 41.9 Å². The number of aliphatic hydroxyl groups excluding tert-OH is 1. The van der Waals surface area contributed by atoms with Crippen LogP contribution in [0.4, 0.5) is 5.69 Å². The maximum atomic E-state index is 10.4. The molecule has 3 N–H and O–H groups in total. The van der Waals surface area contributed by atoms with Gasteiger partial charge >= 0.3 is 35.5 Å². The van der Waals surface area contributed by atoms with Gasteiger partial charge < -0.3 is 15.5 Å². The Morgan fingerprint density at radius 1 is 1.31 bits per heavy atom. The van der Waals surface area contributed by atoms with E-state index in [1.165, 1.54) is 12.1 Å². The molecule has 0 bridgehead atoms. The minimum absolute atomic E-state index is 0.